The van der Waals surface area contributed by atoms with E-state index in [1.807, 2.05) is 0 Å². The van der Waals surface area contributed by atoms with Crippen molar-refractivity contribution in [1.29, 1.82) is 0 Å². The van der Waals surface area contributed by atoms with E-state index in [9.17, 15) is 13.2 Å². The molecule has 112 valence electrons. The van der Waals surface area contributed by atoms with Gasteiger partial charge in [-0.1, -0.05) is 18.2 Å². The van der Waals surface area contributed by atoms with Crippen LogP contribution < -0.4 is 10.3 Å². The summed E-state index contributed by atoms with van der Waals surface area (Å²) in [6.45, 7) is 0. The molecule has 2 aromatic carbocycles. The highest BCUT2D eigenvalue weighted by Crippen LogP contribution is 2.17. The monoisotopic (exact) mass is 316 g/mol. The van der Waals surface area contributed by atoms with Gasteiger partial charge < -0.3 is 4.74 Å². The minimum atomic E-state index is -4.05. The third-order valence-electron chi connectivity index (χ3n) is 3.25. The van der Waals surface area contributed by atoms with Gasteiger partial charge in [-0.2, -0.15) is 13.5 Å². The lowest BCUT2D eigenvalue weighted by Crippen LogP contribution is -2.29. The van der Waals surface area contributed by atoms with Crippen molar-refractivity contribution in [2.24, 2.45) is 0 Å². The zero-order chi connectivity index (χ0) is 15.7. The lowest BCUT2D eigenvalue weighted by atomic mass is 10.2. The topological polar surface area (TPSA) is 78.3 Å². The van der Waals surface area contributed by atoms with Gasteiger partial charge in [0.1, 0.15) is 5.75 Å². The molecule has 1 heterocycles. The molecule has 0 aliphatic rings. The van der Waals surface area contributed by atoms with Gasteiger partial charge in [0.2, 0.25) is 0 Å². The molecule has 0 fully saturated rings. The first kappa shape index (κ1) is 14.3. The zero-order valence-electron chi connectivity index (χ0n) is 11.6. The molecule has 3 aromatic rings. The first-order valence-corrected chi connectivity index (χ1v) is 7.85. The second-order valence-electron chi connectivity index (χ2n) is 4.56. The van der Waals surface area contributed by atoms with E-state index >= 15 is 0 Å². The van der Waals surface area contributed by atoms with Crippen LogP contribution in [0.2, 0.25) is 0 Å². The predicted octanol–water partition coefficient (Wildman–Crippen LogP) is 1.64. The molecule has 1 aromatic heterocycles. The minimum Gasteiger partial charge on any atom is -0.497 e. The average molecular weight is 316 g/mol. The van der Waals surface area contributed by atoms with Crippen LogP contribution in [0.4, 0.5) is 0 Å². The molecule has 0 aliphatic heterocycles. The Morgan fingerprint density at radius 2 is 1.73 bits per heavy atom. The van der Waals surface area contributed by atoms with Crippen molar-refractivity contribution < 1.29 is 13.2 Å². The summed E-state index contributed by atoms with van der Waals surface area (Å²) in [6, 6.07) is 12.5. The van der Waals surface area contributed by atoms with E-state index in [-0.39, 0.29) is 4.90 Å². The van der Waals surface area contributed by atoms with Crippen molar-refractivity contribution in [3.63, 3.8) is 0 Å². The van der Waals surface area contributed by atoms with Crippen LogP contribution in [0.3, 0.4) is 0 Å². The normalized spacial score (nSPS) is 11.5. The molecule has 0 saturated heterocycles. The molecule has 6 nitrogen and oxygen atoms in total. The van der Waals surface area contributed by atoms with Crippen molar-refractivity contribution >= 4 is 20.8 Å². The SMILES string of the molecule is COc1ccc(S(=O)(=O)n2ncc3ccccc3c2=O)cc1. The number of benzene rings is 2. The molecule has 0 radical (unpaired) electrons. The highest BCUT2D eigenvalue weighted by atomic mass is 32.2. The van der Waals surface area contributed by atoms with Crippen LogP contribution in [0.25, 0.3) is 10.8 Å². The standard InChI is InChI=1S/C15H12N2O4S/c1-21-12-6-8-13(9-7-12)22(19,20)17-15(18)14-5-3-2-4-11(14)10-16-17/h2-10H,1H3. The maximum absolute atomic E-state index is 12.6. The van der Waals surface area contributed by atoms with Crippen molar-refractivity contribution in [2.75, 3.05) is 7.11 Å². The Morgan fingerprint density at radius 3 is 2.41 bits per heavy atom. The summed E-state index contributed by atoms with van der Waals surface area (Å²) < 4.78 is 30.6. The maximum Gasteiger partial charge on any atom is 0.289 e. The summed E-state index contributed by atoms with van der Waals surface area (Å²) in [7, 11) is -2.56. The Morgan fingerprint density at radius 1 is 1.05 bits per heavy atom. The van der Waals surface area contributed by atoms with E-state index in [2.05, 4.69) is 5.10 Å². The van der Waals surface area contributed by atoms with E-state index in [1.54, 1.807) is 24.3 Å². The third kappa shape index (κ3) is 2.25. The van der Waals surface area contributed by atoms with Crippen LogP contribution in [-0.2, 0) is 10.0 Å². The zero-order valence-corrected chi connectivity index (χ0v) is 12.4. The first-order valence-electron chi connectivity index (χ1n) is 6.41. The van der Waals surface area contributed by atoms with Crippen LogP contribution in [0.5, 0.6) is 5.75 Å². The van der Waals surface area contributed by atoms with Crippen molar-refractivity contribution in [3.8, 4) is 5.75 Å². The quantitative estimate of drug-likeness (QED) is 0.734. The number of methoxy groups -OCH3 is 1. The molecule has 3 rings (SSSR count). The van der Waals surface area contributed by atoms with E-state index in [0.29, 0.717) is 20.6 Å². The lowest BCUT2D eigenvalue weighted by Gasteiger charge is -2.08. The van der Waals surface area contributed by atoms with E-state index in [1.165, 1.54) is 37.6 Å². The Balaban J connectivity index is 2.20. The summed E-state index contributed by atoms with van der Waals surface area (Å²) in [5.74, 6) is 0.526. The molecule has 0 unspecified atom stereocenters. The molecule has 0 atom stereocenters. The smallest absolute Gasteiger partial charge is 0.289 e. The second-order valence-corrected chi connectivity index (χ2v) is 6.33. The third-order valence-corrected chi connectivity index (χ3v) is 4.83. The Labute approximate surface area is 126 Å². The fraction of sp³-hybridized carbons (Fsp3) is 0.0667. The molecule has 22 heavy (non-hydrogen) atoms. The molecular formula is C15H12N2O4S. The summed E-state index contributed by atoms with van der Waals surface area (Å²) in [5.41, 5.74) is -0.672. The van der Waals surface area contributed by atoms with Gasteiger partial charge in [0.25, 0.3) is 15.6 Å². The molecule has 7 heteroatoms. The summed E-state index contributed by atoms with van der Waals surface area (Å²) >= 11 is 0. The fourth-order valence-electron chi connectivity index (χ4n) is 2.09. The molecule has 0 N–H and O–H groups in total. The average Bonchev–Trinajstić information content (AvgIpc) is 2.55. The number of nitrogens with zero attached hydrogens (tertiary/aromatic N) is 2. The van der Waals surface area contributed by atoms with Gasteiger partial charge in [-0.05, 0) is 30.3 Å². The summed E-state index contributed by atoms with van der Waals surface area (Å²) in [4.78, 5) is 12.3. The van der Waals surface area contributed by atoms with Crippen molar-refractivity contribution in [1.82, 2.24) is 9.19 Å². The number of fused-ring (bicyclic) bond motifs is 1. The molecule has 0 bridgehead atoms. The second kappa shape index (κ2) is 5.27. The maximum atomic E-state index is 12.6. The highest BCUT2D eigenvalue weighted by molar-refractivity contribution is 7.89. The van der Waals surface area contributed by atoms with Crippen molar-refractivity contribution in [3.05, 3.63) is 65.1 Å². The number of ether oxygens (including phenoxy) is 1. The van der Waals surface area contributed by atoms with E-state index in [0.717, 1.165) is 0 Å². The predicted molar refractivity (Wildman–Crippen MR) is 81.6 cm³/mol. The Hall–Kier alpha value is -2.67. The Kier molecular flexibility index (Phi) is 3.42. The summed E-state index contributed by atoms with van der Waals surface area (Å²) in [6.07, 6.45) is 1.36. The Bertz CT molecular complexity index is 992. The number of rotatable bonds is 3. The first-order chi connectivity index (χ1) is 10.5. The van der Waals surface area contributed by atoms with Crippen molar-refractivity contribution in [2.45, 2.75) is 4.90 Å². The number of hydrogen-bond acceptors (Lipinski definition) is 5. The van der Waals surface area contributed by atoms with Gasteiger partial charge in [-0.3, -0.25) is 4.79 Å². The largest absolute Gasteiger partial charge is 0.497 e. The molecule has 0 spiro atoms. The van der Waals surface area contributed by atoms with Gasteiger partial charge in [-0.25, -0.2) is 0 Å². The van der Waals surface area contributed by atoms with Crippen LogP contribution in [0.15, 0.2) is 64.4 Å². The number of hydrogen-bond donors (Lipinski definition) is 0. The van der Waals surface area contributed by atoms with Crippen LogP contribution in [0, 0.1) is 0 Å². The highest BCUT2D eigenvalue weighted by Gasteiger charge is 2.20. The van der Waals surface area contributed by atoms with Crippen LogP contribution in [0.1, 0.15) is 0 Å². The molecular weight excluding hydrogens is 304 g/mol. The van der Waals surface area contributed by atoms with Gasteiger partial charge in [-0.15, -0.1) is 4.09 Å². The van der Waals surface area contributed by atoms with E-state index in [4.69, 9.17) is 4.74 Å². The lowest BCUT2D eigenvalue weighted by molar-refractivity contribution is 0.414. The van der Waals surface area contributed by atoms with E-state index < -0.39 is 15.6 Å². The fourth-order valence-corrected chi connectivity index (χ4v) is 3.26. The van der Waals surface area contributed by atoms with Gasteiger partial charge in [0.15, 0.2) is 0 Å². The van der Waals surface area contributed by atoms with Crippen LogP contribution >= 0.6 is 0 Å². The van der Waals surface area contributed by atoms with Gasteiger partial charge in [0.05, 0.1) is 23.6 Å². The molecule has 0 aliphatic carbocycles. The number of aromatic nitrogens is 2. The van der Waals surface area contributed by atoms with Crippen LogP contribution in [-0.4, -0.2) is 24.7 Å². The summed E-state index contributed by atoms with van der Waals surface area (Å²) in [5, 5.41) is 4.67. The van der Waals surface area contributed by atoms with Gasteiger partial charge >= 0.3 is 0 Å². The van der Waals surface area contributed by atoms with Gasteiger partial charge in [0, 0.05) is 5.39 Å². The molecule has 0 saturated carbocycles. The molecule has 0 amide bonds. The minimum absolute atomic E-state index is 0.0295.